The van der Waals surface area contributed by atoms with E-state index in [9.17, 15) is 22.4 Å². The number of hydrogen-bond acceptors (Lipinski definition) is 5. The zero-order chi connectivity index (χ0) is 27.0. The third-order valence-corrected chi connectivity index (χ3v) is 6.61. The molecule has 1 N–H and O–H groups in total. The largest absolute Gasteiger partial charge is 0.493 e. The number of halogens is 4. The molecule has 1 amide bonds. The van der Waals surface area contributed by atoms with Gasteiger partial charge in [-0.15, -0.1) is 0 Å². The fourth-order valence-electron chi connectivity index (χ4n) is 4.33. The highest BCUT2D eigenvalue weighted by Crippen LogP contribution is 2.44. The fourth-order valence-corrected chi connectivity index (χ4v) is 4.33. The summed E-state index contributed by atoms with van der Waals surface area (Å²) in [6.45, 7) is 1.41. The van der Waals surface area contributed by atoms with Crippen LogP contribution in [0.2, 0.25) is 0 Å². The van der Waals surface area contributed by atoms with Crippen LogP contribution < -0.4 is 19.5 Å². The Hall–Kier alpha value is -3.82. The maximum Gasteiger partial charge on any atom is 0.398 e. The lowest BCUT2D eigenvalue weighted by Crippen LogP contribution is -2.35. The van der Waals surface area contributed by atoms with Gasteiger partial charge >= 0.3 is 6.18 Å². The summed E-state index contributed by atoms with van der Waals surface area (Å²) in [5.41, 5.74) is 1.12. The number of fused-ring (bicyclic) bond motifs is 1. The normalized spacial score (nSPS) is 17.4. The van der Waals surface area contributed by atoms with Gasteiger partial charge in [0, 0.05) is 29.2 Å². The Balaban J connectivity index is 1.42. The molecule has 1 saturated carbocycles. The first-order valence-electron chi connectivity index (χ1n) is 12.3. The van der Waals surface area contributed by atoms with Crippen molar-refractivity contribution in [3.05, 3.63) is 71.2 Å². The van der Waals surface area contributed by atoms with Crippen molar-refractivity contribution in [3.8, 4) is 28.5 Å². The molecule has 1 fully saturated rings. The minimum Gasteiger partial charge on any atom is -0.493 e. The molecule has 10 heteroatoms. The van der Waals surface area contributed by atoms with Crippen LogP contribution in [0, 0.1) is 5.82 Å². The van der Waals surface area contributed by atoms with Gasteiger partial charge in [0.1, 0.15) is 23.2 Å². The van der Waals surface area contributed by atoms with Crippen LogP contribution in [0.15, 0.2) is 48.5 Å². The number of amides is 1. The van der Waals surface area contributed by atoms with E-state index in [1.54, 1.807) is 6.07 Å². The third kappa shape index (κ3) is 5.39. The first kappa shape index (κ1) is 25.8. The Morgan fingerprint density at radius 1 is 1.13 bits per heavy atom. The molecule has 0 unspecified atom stereocenters. The molecule has 2 aliphatic rings. The molecule has 2 heterocycles. The third-order valence-electron chi connectivity index (χ3n) is 6.61. The molecule has 0 radical (unpaired) electrons. The second-order valence-corrected chi connectivity index (χ2v) is 9.52. The van der Waals surface area contributed by atoms with Crippen molar-refractivity contribution in [2.45, 2.75) is 43.9 Å². The maximum atomic E-state index is 14.3. The monoisotopic (exact) mass is 530 g/mol. The van der Waals surface area contributed by atoms with Gasteiger partial charge in [-0.05, 0) is 61.4 Å². The number of hydrogen-bond donors (Lipinski definition) is 1. The average Bonchev–Trinajstić information content (AvgIpc) is 3.63. The standard InChI is InChI=1S/C28H26F4N2O4/c1-15-14-37-26-20(15)12-22(34-25(26)16-3-6-18(29)7-4-16)21(28(30,31)32)13-33-27(35)17-5-10-23(24(11-17)36-2)38-19-8-9-19/h3-7,10-12,15,19,21H,8-9,13-14H2,1-2H3,(H,33,35)/t15-,21-/m1/s1. The Bertz CT molecular complexity index is 1340. The van der Waals surface area contributed by atoms with Crippen LogP contribution in [0.25, 0.3) is 11.3 Å². The number of carbonyl (C=O) groups excluding carboxylic acids is 1. The summed E-state index contributed by atoms with van der Waals surface area (Å²) in [4.78, 5) is 17.1. The zero-order valence-corrected chi connectivity index (χ0v) is 20.8. The van der Waals surface area contributed by atoms with Crippen molar-refractivity contribution in [1.29, 1.82) is 0 Å². The Kier molecular flexibility index (Phi) is 6.90. The maximum absolute atomic E-state index is 14.3. The molecule has 2 atom stereocenters. The number of methoxy groups -OCH3 is 1. The summed E-state index contributed by atoms with van der Waals surface area (Å²) >= 11 is 0. The Morgan fingerprint density at radius 2 is 1.87 bits per heavy atom. The molecule has 3 aromatic rings. The van der Waals surface area contributed by atoms with Gasteiger partial charge in [0.2, 0.25) is 0 Å². The van der Waals surface area contributed by atoms with Crippen LogP contribution in [-0.2, 0) is 0 Å². The molecule has 38 heavy (non-hydrogen) atoms. The lowest BCUT2D eigenvalue weighted by atomic mass is 9.95. The summed E-state index contributed by atoms with van der Waals surface area (Å²) in [5, 5.41) is 2.40. The van der Waals surface area contributed by atoms with E-state index in [0.717, 1.165) is 12.8 Å². The summed E-state index contributed by atoms with van der Waals surface area (Å²) in [6.07, 6.45) is -2.70. The molecule has 1 aromatic heterocycles. The van der Waals surface area contributed by atoms with Gasteiger partial charge in [-0.2, -0.15) is 13.2 Å². The van der Waals surface area contributed by atoms with Gasteiger partial charge in [0.25, 0.3) is 5.91 Å². The van der Waals surface area contributed by atoms with Crippen molar-refractivity contribution in [2.75, 3.05) is 20.3 Å². The summed E-state index contributed by atoms with van der Waals surface area (Å²) < 4.78 is 73.1. The van der Waals surface area contributed by atoms with Crippen LogP contribution in [0.5, 0.6) is 17.2 Å². The number of ether oxygens (including phenoxy) is 3. The number of aromatic nitrogens is 1. The number of carbonyl (C=O) groups is 1. The van der Waals surface area contributed by atoms with E-state index in [4.69, 9.17) is 14.2 Å². The smallest absolute Gasteiger partial charge is 0.398 e. The van der Waals surface area contributed by atoms with Crippen molar-refractivity contribution in [2.24, 2.45) is 0 Å². The number of alkyl halides is 3. The van der Waals surface area contributed by atoms with E-state index in [-0.39, 0.29) is 29.0 Å². The zero-order valence-electron chi connectivity index (χ0n) is 20.8. The molecule has 0 bridgehead atoms. The van der Waals surface area contributed by atoms with Gasteiger partial charge < -0.3 is 19.5 Å². The van der Waals surface area contributed by atoms with Crippen LogP contribution in [0.4, 0.5) is 17.6 Å². The molecular weight excluding hydrogens is 504 g/mol. The van der Waals surface area contributed by atoms with Gasteiger partial charge in [-0.1, -0.05) is 6.92 Å². The molecule has 5 rings (SSSR count). The van der Waals surface area contributed by atoms with Gasteiger partial charge in [-0.25, -0.2) is 9.37 Å². The van der Waals surface area contributed by atoms with Gasteiger partial charge in [-0.3, -0.25) is 4.79 Å². The molecule has 0 saturated heterocycles. The predicted octanol–water partition coefficient (Wildman–Crippen LogP) is 6.01. The molecule has 6 nitrogen and oxygen atoms in total. The quantitative estimate of drug-likeness (QED) is 0.362. The van der Waals surface area contributed by atoms with Crippen molar-refractivity contribution < 1.29 is 36.6 Å². The number of benzene rings is 2. The highest BCUT2D eigenvalue weighted by Gasteiger charge is 2.43. The minimum absolute atomic E-state index is 0.115. The van der Waals surface area contributed by atoms with E-state index in [2.05, 4.69) is 10.3 Å². The number of nitrogens with one attached hydrogen (secondary N) is 1. The van der Waals surface area contributed by atoms with Gasteiger partial charge in [0.05, 0.1) is 25.5 Å². The fraction of sp³-hybridized carbons (Fsp3) is 0.357. The lowest BCUT2D eigenvalue weighted by molar-refractivity contribution is -0.149. The molecule has 200 valence electrons. The van der Waals surface area contributed by atoms with Crippen molar-refractivity contribution in [3.63, 3.8) is 0 Å². The van der Waals surface area contributed by atoms with Crippen LogP contribution in [0.3, 0.4) is 0 Å². The summed E-state index contributed by atoms with van der Waals surface area (Å²) in [7, 11) is 1.43. The average molecular weight is 531 g/mol. The number of nitrogens with zero attached hydrogens (tertiary/aromatic N) is 1. The first-order chi connectivity index (χ1) is 18.1. The predicted molar refractivity (Wildman–Crippen MR) is 131 cm³/mol. The summed E-state index contributed by atoms with van der Waals surface area (Å²) in [5.74, 6) is -2.20. The molecule has 1 aliphatic heterocycles. The van der Waals surface area contributed by atoms with E-state index in [1.807, 2.05) is 6.92 Å². The van der Waals surface area contributed by atoms with Crippen molar-refractivity contribution >= 4 is 5.91 Å². The minimum atomic E-state index is -4.70. The Labute approximate surface area is 216 Å². The van der Waals surface area contributed by atoms with E-state index >= 15 is 0 Å². The highest BCUT2D eigenvalue weighted by molar-refractivity contribution is 5.95. The lowest BCUT2D eigenvalue weighted by Gasteiger charge is -2.22. The molecule has 1 aliphatic carbocycles. The number of rotatable bonds is 8. The summed E-state index contributed by atoms with van der Waals surface area (Å²) in [6, 6.07) is 11.2. The van der Waals surface area contributed by atoms with Crippen molar-refractivity contribution in [1.82, 2.24) is 10.3 Å². The second-order valence-electron chi connectivity index (χ2n) is 9.52. The highest BCUT2D eigenvalue weighted by atomic mass is 19.4. The molecule has 0 spiro atoms. The van der Waals surface area contributed by atoms with E-state index in [0.29, 0.717) is 35.0 Å². The van der Waals surface area contributed by atoms with E-state index < -0.39 is 30.4 Å². The number of pyridine rings is 1. The second kappa shape index (κ2) is 10.2. The van der Waals surface area contributed by atoms with Crippen LogP contribution >= 0.6 is 0 Å². The van der Waals surface area contributed by atoms with Gasteiger partial charge in [0.15, 0.2) is 11.5 Å². The first-order valence-corrected chi connectivity index (χ1v) is 12.3. The van der Waals surface area contributed by atoms with E-state index in [1.165, 1.54) is 49.6 Å². The van der Waals surface area contributed by atoms with Crippen LogP contribution in [0.1, 0.15) is 53.2 Å². The topological polar surface area (TPSA) is 69.7 Å². The molecular formula is C28H26F4N2O4. The Morgan fingerprint density at radius 3 is 2.53 bits per heavy atom. The SMILES string of the molecule is COc1cc(C(=O)NC[C@H](c2cc3c(c(-c4ccc(F)cc4)n2)OC[C@H]3C)C(F)(F)F)ccc1OC1CC1. The van der Waals surface area contributed by atoms with Crippen LogP contribution in [-0.4, -0.2) is 43.4 Å². The molecule has 2 aromatic carbocycles.